The summed E-state index contributed by atoms with van der Waals surface area (Å²) < 4.78 is 0. The van der Waals surface area contributed by atoms with Gasteiger partial charge in [-0.05, 0) is 16.5 Å². The van der Waals surface area contributed by atoms with Gasteiger partial charge in [-0.15, -0.1) is 11.3 Å². The Hall–Kier alpha value is -1.19. The second-order valence-corrected chi connectivity index (χ2v) is 6.49. The molecule has 2 nitrogen and oxygen atoms in total. The van der Waals surface area contributed by atoms with Gasteiger partial charge in [-0.2, -0.15) is 0 Å². The number of thiazole rings is 1. The predicted octanol–water partition coefficient (Wildman–Crippen LogP) is 3.73. The first-order valence-corrected chi connectivity index (χ1v) is 7.11. The number of nitrogens with zero attached hydrogens (tertiary/aromatic N) is 1. The van der Waals surface area contributed by atoms with E-state index in [1.54, 1.807) is 11.3 Å². The molecule has 18 heavy (non-hydrogen) atoms. The van der Waals surface area contributed by atoms with Crippen LogP contribution in [0.25, 0.3) is 0 Å². The molecule has 2 aromatic rings. The van der Waals surface area contributed by atoms with Crippen LogP contribution in [-0.4, -0.2) is 4.98 Å². The van der Waals surface area contributed by atoms with E-state index in [0.717, 1.165) is 13.1 Å². The van der Waals surface area contributed by atoms with Crippen molar-refractivity contribution < 1.29 is 0 Å². The number of hydrogen-bond donors (Lipinski definition) is 1. The second kappa shape index (κ2) is 5.63. The van der Waals surface area contributed by atoms with Crippen LogP contribution in [0.15, 0.2) is 36.0 Å². The first-order chi connectivity index (χ1) is 8.55. The third-order valence-electron chi connectivity index (χ3n) is 2.93. The smallest absolute Gasteiger partial charge is 0.0794 e. The van der Waals surface area contributed by atoms with Crippen molar-refractivity contribution in [3.8, 4) is 0 Å². The van der Waals surface area contributed by atoms with Crippen molar-refractivity contribution in [1.29, 1.82) is 0 Å². The van der Waals surface area contributed by atoms with Gasteiger partial charge in [-0.1, -0.05) is 45.0 Å². The molecule has 96 valence electrons. The van der Waals surface area contributed by atoms with Gasteiger partial charge in [0.15, 0.2) is 0 Å². The Morgan fingerprint density at radius 1 is 1.11 bits per heavy atom. The van der Waals surface area contributed by atoms with E-state index in [1.807, 2.05) is 11.7 Å². The Morgan fingerprint density at radius 3 is 2.39 bits per heavy atom. The highest BCUT2D eigenvalue weighted by Gasteiger charge is 2.12. The highest BCUT2D eigenvalue weighted by Crippen LogP contribution is 2.22. The van der Waals surface area contributed by atoms with Gasteiger partial charge in [0.25, 0.3) is 0 Å². The molecule has 0 bridgehead atoms. The van der Waals surface area contributed by atoms with Crippen molar-refractivity contribution in [1.82, 2.24) is 10.3 Å². The van der Waals surface area contributed by atoms with Gasteiger partial charge in [0.1, 0.15) is 0 Å². The van der Waals surface area contributed by atoms with Gasteiger partial charge in [-0.3, -0.25) is 4.98 Å². The summed E-state index contributed by atoms with van der Waals surface area (Å²) in [5.74, 6) is 0. The van der Waals surface area contributed by atoms with E-state index in [4.69, 9.17) is 0 Å². The average Bonchev–Trinajstić information content (AvgIpc) is 2.82. The number of nitrogens with one attached hydrogen (secondary N) is 1. The summed E-state index contributed by atoms with van der Waals surface area (Å²) >= 11 is 1.69. The van der Waals surface area contributed by atoms with Crippen molar-refractivity contribution in [3.63, 3.8) is 0 Å². The normalized spacial score (nSPS) is 11.7. The van der Waals surface area contributed by atoms with Crippen LogP contribution in [-0.2, 0) is 18.5 Å². The Bertz CT molecular complexity index is 466. The monoisotopic (exact) mass is 260 g/mol. The number of hydrogen-bond acceptors (Lipinski definition) is 3. The van der Waals surface area contributed by atoms with Crippen LogP contribution in [0.2, 0.25) is 0 Å². The number of aromatic nitrogens is 1. The molecule has 0 radical (unpaired) electrons. The third kappa shape index (κ3) is 3.65. The van der Waals surface area contributed by atoms with E-state index in [1.165, 1.54) is 16.0 Å². The molecule has 0 saturated heterocycles. The van der Waals surface area contributed by atoms with Gasteiger partial charge >= 0.3 is 0 Å². The van der Waals surface area contributed by atoms with Gasteiger partial charge in [-0.25, -0.2) is 0 Å². The molecule has 1 aromatic carbocycles. The molecular formula is C15H20N2S. The van der Waals surface area contributed by atoms with Gasteiger partial charge in [0.2, 0.25) is 0 Å². The van der Waals surface area contributed by atoms with E-state index in [9.17, 15) is 0 Å². The molecule has 1 N–H and O–H groups in total. The molecule has 1 aromatic heterocycles. The van der Waals surface area contributed by atoms with E-state index in [-0.39, 0.29) is 5.41 Å². The molecule has 0 amide bonds. The molecule has 0 unspecified atom stereocenters. The zero-order valence-electron chi connectivity index (χ0n) is 11.2. The van der Waals surface area contributed by atoms with Crippen LogP contribution in [0.4, 0.5) is 0 Å². The Labute approximate surface area is 113 Å². The zero-order chi connectivity index (χ0) is 13.0. The van der Waals surface area contributed by atoms with Gasteiger partial charge < -0.3 is 5.32 Å². The summed E-state index contributed by atoms with van der Waals surface area (Å²) in [7, 11) is 0. The molecule has 2 rings (SSSR count). The van der Waals surface area contributed by atoms with Crippen LogP contribution in [0.3, 0.4) is 0 Å². The summed E-state index contributed by atoms with van der Waals surface area (Å²) in [6, 6.07) is 8.87. The lowest BCUT2D eigenvalue weighted by molar-refractivity contribution is 0.589. The lowest BCUT2D eigenvalue weighted by atomic mass is 9.87. The molecule has 0 fully saturated rings. The lowest BCUT2D eigenvalue weighted by Gasteiger charge is -2.19. The minimum Gasteiger partial charge on any atom is -0.308 e. The van der Waals surface area contributed by atoms with E-state index in [2.05, 4.69) is 55.3 Å². The topological polar surface area (TPSA) is 24.9 Å². The fraction of sp³-hybridized carbons (Fsp3) is 0.400. The van der Waals surface area contributed by atoms with Crippen LogP contribution in [0.1, 0.15) is 36.8 Å². The maximum Gasteiger partial charge on any atom is 0.0794 e. The fourth-order valence-electron chi connectivity index (χ4n) is 1.78. The summed E-state index contributed by atoms with van der Waals surface area (Å²) in [5.41, 5.74) is 4.81. The summed E-state index contributed by atoms with van der Waals surface area (Å²) in [4.78, 5) is 5.34. The van der Waals surface area contributed by atoms with E-state index >= 15 is 0 Å². The molecule has 0 atom stereocenters. The maximum absolute atomic E-state index is 4.06. The summed E-state index contributed by atoms with van der Waals surface area (Å²) in [6.07, 6.45) is 1.92. The standard InChI is InChI=1S/C15H20N2S/c1-15(2,3)13-6-4-12(5-7-13)8-16-9-14-10-17-11-18-14/h4-7,10-11,16H,8-9H2,1-3H3. The van der Waals surface area contributed by atoms with Crippen LogP contribution >= 0.6 is 11.3 Å². The minimum atomic E-state index is 0.231. The quantitative estimate of drug-likeness (QED) is 0.906. The fourth-order valence-corrected chi connectivity index (χ4v) is 2.35. The predicted molar refractivity (Wildman–Crippen MR) is 77.8 cm³/mol. The molecular weight excluding hydrogens is 240 g/mol. The molecule has 0 saturated carbocycles. The first-order valence-electron chi connectivity index (χ1n) is 6.23. The SMILES string of the molecule is CC(C)(C)c1ccc(CNCc2cncs2)cc1. The van der Waals surface area contributed by atoms with Crippen LogP contribution in [0, 0.1) is 0 Å². The Morgan fingerprint density at radius 2 is 1.83 bits per heavy atom. The van der Waals surface area contributed by atoms with Gasteiger partial charge in [0.05, 0.1) is 5.51 Å². The van der Waals surface area contributed by atoms with Gasteiger partial charge in [0, 0.05) is 24.2 Å². The van der Waals surface area contributed by atoms with Crippen LogP contribution < -0.4 is 5.32 Å². The zero-order valence-corrected chi connectivity index (χ0v) is 12.1. The number of benzene rings is 1. The van der Waals surface area contributed by atoms with Crippen molar-refractivity contribution in [3.05, 3.63) is 52.0 Å². The lowest BCUT2D eigenvalue weighted by Crippen LogP contribution is -2.13. The third-order valence-corrected chi connectivity index (χ3v) is 3.71. The summed E-state index contributed by atoms with van der Waals surface area (Å²) in [6.45, 7) is 8.52. The number of rotatable bonds is 4. The highest BCUT2D eigenvalue weighted by molar-refractivity contribution is 7.09. The molecule has 0 aliphatic rings. The van der Waals surface area contributed by atoms with Crippen LogP contribution in [0.5, 0.6) is 0 Å². The van der Waals surface area contributed by atoms with Crippen molar-refractivity contribution >= 4 is 11.3 Å². The molecule has 3 heteroatoms. The Kier molecular flexibility index (Phi) is 4.15. The minimum absolute atomic E-state index is 0.231. The molecule has 0 aliphatic carbocycles. The van der Waals surface area contributed by atoms with Crippen molar-refractivity contribution in [2.75, 3.05) is 0 Å². The highest BCUT2D eigenvalue weighted by atomic mass is 32.1. The average molecular weight is 260 g/mol. The second-order valence-electron chi connectivity index (χ2n) is 5.52. The Balaban J connectivity index is 1.87. The molecule has 0 aliphatic heterocycles. The maximum atomic E-state index is 4.06. The summed E-state index contributed by atoms with van der Waals surface area (Å²) in [5, 5.41) is 3.43. The largest absolute Gasteiger partial charge is 0.308 e. The molecule has 0 spiro atoms. The van der Waals surface area contributed by atoms with Crippen molar-refractivity contribution in [2.45, 2.75) is 39.3 Å². The van der Waals surface area contributed by atoms with Crippen molar-refractivity contribution in [2.24, 2.45) is 0 Å². The van der Waals surface area contributed by atoms with E-state index in [0.29, 0.717) is 0 Å². The first kappa shape index (κ1) is 13.2. The molecule has 1 heterocycles. The van der Waals surface area contributed by atoms with E-state index < -0.39 is 0 Å².